The zero-order chi connectivity index (χ0) is 9.97. The third-order valence-electron chi connectivity index (χ3n) is 3.57. The number of nitrogens with one attached hydrogen (secondary N) is 1. The van der Waals surface area contributed by atoms with E-state index in [1.807, 2.05) is 0 Å². The fourth-order valence-corrected chi connectivity index (χ4v) is 2.66. The number of nitrogens with zero attached hydrogens (tertiary/aromatic N) is 1. The van der Waals surface area contributed by atoms with Crippen molar-refractivity contribution in [3.05, 3.63) is 0 Å². The van der Waals surface area contributed by atoms with Crippen LogP contribution in [-0.2, 0) is 0 Å². The number of hydrogen-bond donors (Lipinski definition) is 1. The molecular weight excluding hydrogens is 172 g/mol. The molecule has 2 rings (SSSR count). The third kappa shape index (κ3) is 3.25. The van der Waals surface area contributed by atoms with Gasteiger partial charge in [0.05, 0.1) is 0 Å². The first-order valence-corrected chi connectivity index (χ1v) is 6.16. The summed E-state index contributed by atoms with van der Waals surface area (Å²) in [6.07, 6.45) is 5.70. The molecule has 1 aliphatic heterocycles. The van der Waals surface area contributed by atoms with Gasteiger partial charge in [0.2, 0.25) is 0 Å². The largest absolute Gasteiger partial charge is 0.314 e. The molecule has 2 aliphatic rings. The first kappa shape index (κ1) is 10.4. The van der Waals surface area contributed by atoms with E-state index in [0.29, 0.717) is 0 Å². The van der Waals surface area contributed by atoms with E-state index in [1.165, 1.54) is 45.3 Å². The molecular formula is C12H24N2. The van der Waals surface area contributed by atoms with Gasteiger partial charge in [-0.25, -0.2) is 0 Å². The van der Waals surface area contributed by atoms with Crippen molar-refractivity contribution in [2.75, 3.05) is 26.7 Å². The molecule has 1 heterocycles. The van der Waals surface area contributed by atoms with E-state index in [0.717, 1.165) is 17.9 Å². The van der Waals surface area contributed by atoms with E-state index >= 15 is 0 Å². The summed E-state index contributed by atoms with van der Waals surface area (Å²) in [5, 5.41) is 3.52. The summed E-state index contributed by atoms with van der Waals surface area (Å²) in [5.74, 6) is 1.98. The lowest BCUT2D eigenvalue weighted by Gasteiger charge is -2.31. The number of hydrogen-bond acceptors (Lipinski definition) is 2. The summed E-state index contributed by atoms with van der Waals surface area (Å²) >= 11 is 0. The van der Waals surface area contributed by atoms with Crippen LogP contribution in [0.2, 0.25) is 0 Å². The lowest BCUT2D eigenvalue weighted by atomic mass is 9.93. The zero-order valence-corrected chi connectivity index (χ0v) is 9.63. The van der Waals surface area contributed by atoms with Crippen molar-refractivity contribution < 1.29 is 0 Å². The Bertz CT molecular complexity index is 177. The molecule has 1 aliphatic carbocycles. The normalized spacial score (nSPS) is 33.6. The van der Waals surface area contributed by atoms with Crippen LogP contribution in [0.1, 0.15) is 32.6 Å². The van der Waals surface area contributed by atoms with E-state index in [4.69, 9.17) is 0 Å². The summed E-state index contributed by atoms with van der Waals surface area (Å²) < 4.78 is 0. The molecule has 2 nitrogen and oxygen atoms in total. The van der Waals surface area contributed by atoms with Gasteiger partial charge in [-0.15, -0.1) is 0 Å². The molecule has 82 valence electrons. The Labute approximate surface area is 88.1 Å². The van der Waals surface area contributed by atoms with Crippen molar-refractivity contribution in [1.29, 1.82) is 0 Å². The van der Waals surface area contributed by atoms with Crippen LogP contribution in [0.15, 0.2) is 0 Å². The van der Waals surface area contributed by atoms with Gasteiger partial charge in [0, 0.05) is 19.1 Å². The third-order valence-corrected chi connectivity index (χ3v) is 3.57. The molecule has 2 atom stereocenters. The minimum Gasteiger partial charge on any atom is -0.314 e. The molecule has 2 heteroatoms. The van der Waals surface area contributed by atoms with Crippen molar-refractivity contribution in [2.24, 2.45) is 11.8 Å². The van der Waals surface area contributed by atoms with Crippen molar-refractivity contribution in [1.82, 2.24) is 10.2 Å². The Morgan fingerprint density at radius 3 is 2.50 bits per heavy atom. The second-order valence-electron chi connectivity index (χ2n) is 5.41. The molecule has 0 aromatic heterocycles. The monoisotopic (exact) mass is 196 g/mol. The van der Waals surface area contributed by atoms with Crippen LogP contribution in [0, 0.1) is 11.8 Å². The maximum atomic E-state index is 3.52. The quantitative estimate of drug-likeness (QED) is 0.736. The molecule has 2 fully saturated rings. The summed E-state index contributed by atoms with van der Waals surface area (Å²) in [4.78, 5) is 2.56. The van der Waals surface area contributed by atoms with Gasteiger partial charge in [0.15, 0.2) is 0 Å². The van der Waals surface area contributed by atoms with E-state index in [9.17, 15) is 0 Å². The van der Waals surface area contributed by atoms with Crippen LogP contribution in [-0.4, -0.2) is 37.6 Å². The van der Waals surface area contributed by atoms with Gasteiger partial charge in [0.25, 0.3) is 0 Å². The minimum atomic E-state index is 0.739. The van der Waals surface area contributed by atoms with Gasteiger partial charge >= 0.3 is 0 Å². The lowest BCUT2D eigenvalue weighted by Crippen LogP contribution is -2.40. The summed E-state index contributed by atoms with van der Waals surface area (Å²) in [6.45, 7) is 6.21. The second kappa shape index (κ2) is 4.63. The van der Waals surface area contributed by atoms with Crippen LogP contribution in [0.4, 0.5) is 0 Å². The Balaban J connectivity index is 1.66. The lowest BCUT2D eigenvalue weighted by molar-refractivity contribution is 0.215. The maximum absolute atomic E-state index is 3.52. The Morgan fingerprint density at radius 1 is 1.14 bits per heavy atom. The standard InChI is InChI=1S/C12H24N2/c1-10-7-12(5-6-13-10)9-14(2)8-11-3-4-11/h10-13H,3-9H2,1-2H3. The second-order valence-corrected chi connectivity index (χ2v) is 5.41. The average Bonchev–Trinajstić information content (AvgIpc) is 2.87. The highest BCUT2D eigenvalue weighted by molar-refractivity contribution is 4.80. The van der Waals surface area contributed by atoms with Crippen molar-refractivity contribution in [3.63, 3.8) is 0 Å². The van der Waals surface area contributed by atoms with Gasteiger partial charge in [-0.2, -0.15) is 0 Å². The van der Waals surface area contributed by atoms with E-state index in [-0.39, 0.29) is 0 Å². The average molecular weight is 196 g/mol. The van der Waals surface area contributed by atoms with E-state index in [1.54, 1.807) is 0 Å². The summed E-state index contributed by atoms with van der Waals surface area (Å²) in [5.41, 5.74) is 0. The Kier molecular flexibility index (Phi) is 3.45. The zero-order valence-electron chi connectivity index (χ0n) is 9.63. The first-order chi connectivity index (χ1) is 6.74. The van der Waals surface area contributed by atoms with Crippen molar-refractivity contribution >= 4 is 0 Å². The minimum absolute atomic E-state index is 0.739. The summed E-state index contributed by atoms with van der Waals surface area (Å²) in [6, 6.07) is 0.739. The number of piperidine rings is 1. The van der Waals surface area contributed by atoms with Gasteiger partial charge in [-0.3, -0.25) is 0 Å². The van der Waals surface area contributed by atoms with Crippen molar-refractivity contribution in [2.45, 2.75) is 38.6 Å². The molecule has 2 unspecified atom stereocenters. The fraction of sp³-hybridized carbons (Fsp3) is 1.00. The molecule has 1 saturated carbocycles. The maximum Gasteiger partial charge on any atom is 0.00418 e. The molecule has 0 spiro atoms. The van der Waals surface area contributed by atoms with Crippen LogP contribution in [0.5, 0.6) is 0 Å². The highest BCUT2D eigenvalue weighted by atomic mass is 15.1. The molecule has 0 radical (unpaired) electrons. The van der Waals surface area contributed by atoms with Gasteiger partial charge in [0.1, 0.15) is 0 Å². The van der Waals surface area contributed by atoms with E-state index in [2.05, 4.69) is 24.2 Å². The SMILES string of the molecule is CC1CC(CN(C)CC2CC2)CCN1. The van der Waals surface area contributed by atoms with Crippen LogP contribution < -0.4 is 5.32 Å². The van der Waals surface area contributed by atoms with Crippen LogP contribution >= 0.6 is 0 Å². The topological polar surface area (TPSA) is 15.3 Å². The smallest absolute Gasteiger partial charge is 0.00418 e. The predicted molar refractivity (Wildman–Crippen MR) is 60.4 cm³/mol. The predicted octanol–water partition coefficient (Wildman–Crippen LogP) is 1.72. The molecule has 0 aromatic rings. The Hall–Kier alpha value is -0.0800. The fourth-order valence-electron chi connectivity index (χ4n) is 2.66. The molecule has 14 heavy (non-hydrogen) atoms. The Morgan fingerprint density at radius 2 is 1.86 bits per heavy atom. The van der Waals surface area contributed by atoms with Crippen molar-refractivity contribution in [3.8, 4) is 0 Å². The highest BCUT2D eigenvalue weighted by Crippen LogP contribution is 2.29. The van der Waals surface area contributed by atoms with Crippen LogP contribution in [0.3, 0.4) is 0 Å². The number of rotatable bonds is 4. The van der Waals surface area contributed by atoms with Gasteiger partial charge in [-0.1, -0.05) is 0 Å². The van der Waals surface area contributed by atoms with Gasteiger partial charge < -0.3 is 10.2 Å². The molecule has 1 N–H and O–H groups in total. The molecule has 0 bridgehead atoms. The molecule has 0 aromatic carbocycles. The highest BCUT2D eigenvalue weighted by Gasteiger charge is 2.25. The molecule has 1 saturated heterocycles. The molecule has 0 amide bonds. The van der Waals surface area contributed by atoms with Crippen LogP contribution in [0.25, 0.3) is 0 Å². The first-order valence-electron chi connectivity index (χ1n) is 6.16. The summed E-state index contributed by atoms with van der Waals surface area (Å²) in [7, 11) is 2.30. The van der Waals surface area contributed by atoms with E-state index < -0.39 is 0 Å². The van der Waals surface area contributed by atoms with Gasteiger partial charge in [-0.05, 0) is 58.0 Å².